The summed E-state index contributed by atoms with van der Waals surface area (Å²) in [5.74, 6) is 1.76. The van der Waals surface area contributed by atoms with Gasteiger partial charge in [-0.3, -0.25) is 4.57 Å². The van der Waals surface area contributed by atoms with Gasteiger partial charge < -0.3 is 14.5 Å². The summed E-state index contributed by atoms with van der Waals surface area (Å²) in [5.41, 5.74) is 0. The third-order valence-corrected chi connectivity index (χ3v) is 8.06. The van der Waals surface area contributed by atoms with E-state index in [2.05, 4.69) is 13.8 Å². The lowest BCUT2D eigenvalue weighted by molar-refractivity contribution is 0.0774. The zero-order valence-corrected chi connectivity index (χ0v) is 23.1. The summed E-state index contributed by atoms with van der Waals surface area (Å²) in [7, 11) is -4.02. The third-order valence-electron chi connectivity index (χ3n) is 5.99. The van der Waals surface area contributed by atoms with Gasteiger partial charge in [-0.25, -0.2) is 0 Å². The molecular formula is C26H55O4PS. The van der Waals surface area contributed by atoms with Gasteiger partial charge in [0.05, 0.1) is 12.3 Å². The average molecular weight is 495 g/mol. The molecule has 0 aliphatic rings. The Balaban J connectivity index is 3.66. The number of ether oxygens (including phenoxy) is 1. The fraction of sp³-hybridized carbons (Fsp3) is 1.00. The molecule has 0 saturated carbocycles. The van der Waals surface area contributed by atoms with Crippen LogP contribution in [0.2, 0.25) is 0 Å². The normalized spacial score (nSPS) is 13.0. The Morgan fingerprint density at radius 2 is 1.06 bits per heavy atom. The highest BCUT2D eigenvalue weighted by Crippen LogP contribution is 2.36. The van der Waals surface area contributed by atoms with Gasteiger partial charge in [-0.1, -0.05) is 123 Å². The van der Waals surface area contributed by atoms with E-state index in [0.29, 0.717) is 12.4 Å². The molecule has 0 spiro atoms. The molecule has 1 unspecified atom stereocenters. The van der Waals surface area contributed by atoms with Gasteiger partial charge in [0, 0.05) is 12.4 Å². The van der Waals surface area contributed by atoms with Gasteiger partial charge in [-0.15, -0.1) is 0 Å². The van der Waals surface area contributed by atoms with E-state index in [0.717, 1.165) is 18.6 Å². The number of hydrogen-bond donors (Lipinski definition) is 2. The molecule has 0 radical (unpaired) electrons. The van der Waals surface area contributed by atoms with Gasteiger partial charge >= 0.3 is 7.60 Å². The summed E-state index contributed by atoms with van der Waals surface area (Å²) in [6, 6.07) is 0. The highest BCUT2D eigenvalue weighted by molar-refractivity contribution is 7.99. The number of thioether (sulfide) groups is 1. The molecule has 0 fully saturated rings. The van der Waals surface area contributed by atoms with E-state index in [-0.39, 0.29) is 12.3 Å². The van der Waals surface area contributed by atoms with Crippen molar-refractivity contribution in [2.24, 2.45) is 0 Å². The summed E-state index contributed by atoms with van der Waals surface area (Å²) in [6.07, 6.45) is 24.3. The molecule has 194 valence electrons. The first-order valence-corrected chi connectivity index (χ1v) is 16.7. The van der Waals surface area contributed by atoms with E-state index < -0.39 is 7.60 Å². The summed E-state index contributed by atoms with van der Waals surface area (Å²) >= 11 is 1.79. The third kappa shape index (κ3) is 26.7. The van der Waals surface area contributed by atoms with Gasteiger partial charge in [-0.2, -0.15) is 11.8 Å². The fourth-order valence-electron chi connectivity index (χ4n) is 3.99. The monoisotopic (exact) mass is 494 g/mol. The van der Waals surface area contributed by atoms with E-state index in [4.69, 9.17) is 4.74 Å². The van der Waals surface area contributed by atoms with Crippen LogP contribution in [0.4, 0.5) is 0 Å². The summed E-state index contributed by atoms with van der Waals surface area (Å²) in [4.78, 5) is 18.7. The van der Waals surface area contributed by atoms with E-state index in [1.807, 2.05) is 0 Å². The molecule has 4 nitrogen and oxygen atoms in total. The van der Waals surface area contributed by atoms with E-state index in [1.165, 1.54) is 109 Å². The predicted octanol–water partition coefficient (Wildman–Crippen LogP) is 8.73. The van der Waals surface area contributed by atoms with Gasteiger partial charge in [0.25, 0.3) is 0 Å². The Morgan fingerprint density at radius 1 is 0.656 bits per heavy atom. The molecule has 0 aliphatic carbocycles. The average Bonchev–Trinajstić information content (AvgIpc) is 2.74. The molecule has 0 aliphatic heterocycles. The number of rotatable bonds is 26. The molecule has 6 heteroatoms. The van der Waals surface area contributed by atoms with Crippen molar-refractivity contribution in [1.29, 1.82) is 0 Å². The maximum absolute atomic E-state index is 11.4. The lowest BCUT2D eigenvalue weighted by Gasteiger charge is -2.18. The van der Waals surface area contributed by atoms with Crippen molar-refractivity contribution in [2.75, 3.05) is 24.3 Å². The molecule has 0 rings (SSSR count). The van der Waals surface area contributed by atoms with Crippen LogP contribution in [0.5, 0.6) is 0 Å². The molecular weight excluding hydrogens is 439 g/mol. The zero-order valence-electron chi connectivity index (χ0n) is 21.4. The Kier molecular flexibility index (Phi) is 24.9. The highest BCUT2D eigenvalue weighted by Gasteiger charge is 2.22. The first kappa shape index (κ1) is 32.5. The topological polar surface area (TPSA) is 66.8 Å². The summed E-state index contributed by atoms with van der Waals surface area (Å²) in [6.45, 7) is 5.13. The molecule has 0 aromatic rings. The van der Waals surface area contributed by atoms with E-state index in [9.17, 15) is 14.4 Å². The highest BCUT2D eigenvalue weighted by atomic mass is 32.2. The molecule has 0 aromatic heterocycles. The molecule has 0 bridgehead atoms. The summed E-state index contributed by atoms with van der Waals surface area (Å²) in [5, 5.41) is 0. The van der Waals surface area contributed by atoms with E-state index >= 15 is 0 Å². The maximum Gasteiger partial charge on any atom is 0.328 e. The van der Waals surface area contributed by atoms with Crippen molar-refractivity contribution in [3.05, 3.63) is 0 Å². The number of hydrogen-bond acceptors (Lipinski definition) is 3. The first-order valence-electron chi connectivity index (χ1n) is 13.7. The molecule has 32 heavy (non-hydrogen) atoms. The molecule has 0 aromatic carbocycles. The van der Waals surface area contributed by atoms with E-state index in [1.54, 1.807) is 11.8 Å². The molecule has 0 heterocycles. The van der Waals surface area contributed by atoms with Crippen LogP contribution in [0.15, 0.2) is 0 Å². The minimum Gasteiger partial charge on any atom is -0.377 e. The predicted molar refractivity (Wildman–Crippen MR) is 143 cm³/mol. The molecule has 1 atom stereocenters. The quantitative estimate of drug-likeness (QED) is 0.0929. The minimum absolute atomic E-state index is 0.144. The Hall–Kier alpha value is 0.460. The second kappa shape index (κ2) is 24.6. The van der Waals surface area contributed by atoms with Crippen molar-refractivity contribution in [1.82, 2.24) is 0 Å². The van der Waals surface area contributed by atoms with Crippen LogP contribution in [0.3, 0.4) is 0 Å². The first-order chi connectivity index (χ1) is 15.5. The lowest BCUT2D eigenvalue weighted by Crippen LogP contribution is -2.22. The molecule has 0 amide bonds. The van der Waals surface area contributed by atoms with Crippen molar-refractivity contribution in [2.45, 2.75) is 142 Å². The fourth-order valence-corrected chi connectivity index (χ4v) is 5.98. The van der Waals surface area contributed by atoms with Crippen LogP contribution in [-0.2, 0) is 9.30 Å². The minimum atomic E-state index is -4.02. The smallest absolute Gasteiger partial charge is 0.328 e. The second-order valence-electron chi connectivity index (χ2n) is 9.43. The number of unbranched alkanes of at least 4 members (excludes halogenated alkanes) is 17. The van der Waals surface area contributed by atoms with Crippen LogP contribution in [-0.4, -0.2) is 40.2 Å². The van der Waals surface area contributed by atoms with Crippen LogP contribution >= 0.6 is 19.4 Å². The van der Waals surface area contributed by atoms with Crippen LogP contribution in [0, 0.1) is 0 Å². The lowest BCUT2D eigenvalue weighted by atomic mass is 10.1. The zero-order chi connectivity index (χ0) is 23.8. The molecule has 2 N–H and O–H groups in total. The largest absolute Gasteiger partial charge is 0.377 e. The second-order valence-corrected chi connectivity index (χ2v) is 12.3. The Morgan fingerprint density at radius 3 is 1.50 bits per heavy atom. The van der Waals surface area contributed by atoms with Gasteiger partial charge in [-0.05, 0) is 18.6 Å². The van der Waals surface area contributed by atoms with Crippen molar-refractivity contribution in [3.63, 3.8) is 0 Å². The van der Waals surface area contributed by atoms with Crippen molar-refractivity contribution in [3.8, 4) is 0 Å². The Bertz CT molecular complexity index is 417. The van der Waals surface area contributed by atoms with Crippen molar-refractivity contribution < 1.29 is 19.1 Å². The van der Waals surface area contributed by atoms with Crippen LogP contribution in [0.1, 0.15) is 136 Å². The van der Waals surface area contributed by atoms with Crippen molar-refractivity contribution >= 4 is 19.4 Å². The van der Waals surface area contributed by atoms with Crippen LogP contribution < -0.4 is 0 Å². The maximum atomic E-state index is 11.4. The van der Waals surface area contributed by atoms with Gasteiger partial charge in [0.2, 0.25) is 0 Å². The Labute approximate surface area is 204 Å². The standard InChI is InChI=1S/C26H55O4PS/c1-3-5-7-9-11-13-14-15-17-19-21-23-32-25-26(24-31(27,28)29)30-22-20-18-16-12-10-8-6-4-2/h26H,3-25H2,1-2H3,(H2,27,28,29). The van der Waals surface area contributed by atoms with Gasteiger partial charge in [0.1, 0.15) is 0 Å². The SMILES string of the molecule is CCCCCCCCCCCCCSCC(CP(=O)(O)O)OCCCCCCCCCC. The van der Waals surface area contributed by atoms with Gasteiger partial charge in [0.15, 0.2) is 0 Å². The summed E-state index contributed by atoms with van der Waals surface area (Å²) < 4.78 is 17.3. The van der Waals surface area contributed by atoms with Crippen LogP contribution in [0.25, 0.3) is 0 Å². The molecule has 0 saturated heterocycles.